The zero-order chi connectivity index (χ0) is 30.7. The van der Waals surface area contributed by atoms with E-state index in [9.17, 15) is 33.9 Å². The fourth-order valence-corrected chi connectivity index (χ4v) is 4.59. The van der Waals surface area contributed by atoms with Crippen molar-refractivity contribution in [3.05, 3.63) is 0 Å². The number of hydrogen-bond donors (Lipinski definition) is 5. The Morgan fingerprint density at radius 1 is 0.488 bits per heavy atom. The summed E-state index contributed by atoms with van der Waals surface area (Å²) in [4.78, 5) is 67.7. The van der Waals surface area contributed by atoms with Gasteiger partial charge in [0.1, 0.15) is 18.4 Å². The second-order valence-electron chi connectivity index (χ2n) is 10.7. The number of carboxylic acid groups (broad SMARTS) is 3. The number of hydrogen-bond acceptors (Lipinski definition) is 6. The van der Waals surface area contributed by atoms with Crippen molar-refractivity contribution in [1.29, 1.82) is 0 Å². The molecule has 0 aliphatic heterocycles. The summed E-state index contributed by atoms with van der Waals surface area (Å²) < 4.78 is 0. The van der Waals surface area contributed by atoms with Crippen molar-refractivity contribution < 1.29 is 44.1 Å². The Hall–Kier alpha value is -2.98. The van der Waals surface area contributed by atoms with Gasteiger partial charge in [-0.25, -0.2) is 9.59 Å². The van der Waals surface area contributed by atoms with Crippen LogP contribution in [-0.2, 0) is 28.8 Å². The molecule has 41 heavy (non-hydrogen) atoms. The fraction of sp³-hybridized carbons (Fsp3) is 0.800. The Morgan fingerprint density at radius 3 is 1.20 bits per heavy atom. The van der Waals surface area contributed by atoms with Crippen molar-refractivity contribution in [2.75, 3.05) is 0 Å². The van der Waals surface area contributed by atoms with Crippen LogP contribution in [0.1, 0.15) is 141 Å². The van der Waals surface area contributed by atoms with Crippen molar-refractivity contribution in [2.45, 2.75) is 153 Å². The van der Waals surface area contributed by atoms with E-state index in [1.807, 2.05) is 0 Å². The summed E-state index contributed by atoms with van der Waals surface area (Å²) in [5, 5.41) is 31.8. The summed E-state index contributed by atoms with van der Waals surface area (Å²) in [6.07, 6.45) is 18.3. The maximum absolute atomic E-state index is 12.2. The van der Waals surface area contributed by atoms with Gasteiger partial charge in [-0.2, -0.15) is 0 Å². The van der Waals surface area contributed by atoms with Gasteiger partial charge in [0, 0.05) is 25.7 Å². The molecule has 0 bridgehead atoms. The van der Waals surface area contributed by atoms with Crippen molar-refractivity contribution in [2.24, 2.45) is 0 Å². The van der Waals surface area contributed by atoms with Gasteiger partial charge in [-0.15, -0.1) is 0 Å². The Morgan fingerprint density at radius 2 is 0.829 bits per heavy atom. The Bertz CT molecular complexity index is 773. The third-order valence-corrected chi connectivity index (χ3v) is 7.04. The van der Waals surface area contributed by atoms with Crippen LogP contribution in [-0.4, -0.2) is 63.4 Å². The van der Waals surface area contributed by atoms with Crippen molar-refractivity contribution >= 4 is 36.0 Å². The van der Waals surface area contributed by atoms with E-state index in [1.165, 1.54) is 57.8 Å². The second-order valence-corrected chi connectivity index (χ2v) is 10.7. The van der Waals surface area contributed by atoms with E-state index >= 15 is 0 Å². The van der Waals surface area contributed by atoms with Crippen LogP contribution < -0.4 is 10.6 Å². The lowest BCUT2D eigenvalue weighted by molar-refractivity contribution is -0.143. The van der Waals surface area contributed by atoms with Crippen LogP contribution in [0.15, 0.2) is 0 Å². The molecule has 11 heteroatoms. The molecule has 0 aromatic heterocycles. The van der Waals surface area contributed by atoms with Crippen LogP contribution in [0, 0.1) is 0 Å². The molecule has 5 N–H and O–H groups in total. The molecule has 11 nitrogen and oxygen atoms in total. The zero-order valence-corrected chi connectivity index (χ0v) is 24.6. The molecule has 0 aliphatic rings. The molecule has 0 saturated carbocycles. The number of amides is 2. The molecule has 0 unspecified atom stereocenters. The van der Waals surface area contributed by atoms with E-state index in [2.05, 4.69) is 10.6 Å². The van der Waals surface area contributed by atoms with Crippen LogP contribution in [0.5, 0.6) is 0 Å². The monoisotopic (exact) mass is 584 g/mol. The van der Waals surface area contributed by atoms with Crippen LogP contribution >= 0.6 is 0 Å². The lowest BCUT2D eigenvalue weighted by atomic mass is 10.0. The first kappa shape index (κ1) is 38.0. The normalized spacial score (nSPS) is 12.3. The smallest absolute Gasteiger partial charge is 0.326 e. The first-order chi connectivity index (χ1) is 19.7. The standard InChI is InChI=1S/C30H52N2O9/c33-23-17-18-24(29(38)39)31-27(35)22-21-25(30(40)41)32-26(34)19-15-13-11-9-7-5-3-1-2-4-6-8-10-12-14-16-20-28(36)37/h23-25H,1-22H2,(H,31,35)(H,32,34)(H,36,37)(H,38,39)(H,40,41)/t24-,25-/m0/s1. The second kappa shape index (κ2) is 26.0. The van der Waals surface area contributed by atoms with Gasteiger partial charge in [0.25, 0.3) is 0 Å². The molecular formula is C30H52N2O9. The molecule has 0 aromatic carbocycles. The zero-order valence-electron chi connectivity index (χ0n) is 24.6. The first-order valence-corrected chi connectivity index (χ1v) is 15.4. The van der Waals surface area contributed by atoms with Crippen molar-refractivity contribution in [3.63, 3.8) is 0 Å². The molecule has 0 aliphatic carbocycles. The highest BCUT2D eigenvalue weighted by Gasteiger charge is 2.23. The fourth-order valence-electron chi connectivity index (χ4n) is 4.59. The van der Waals surface area contributed by atoms with Gasteiger partial charge >= 0.3 is 17.9 Å². The highest BCUT2D eigenvalue weighted by molar-refractivity contribution is 5.86. The number of unbranched alkanes of at least 4 members (excludes halogenated alkanes) is 15. The quantitative estimate of drug-likeness (QED) is 0.0596. The first-order valence-electron chi connectivity index (χ1n) is 15.4. The Labute approximate surface area is 244 Å². The molecular weight excluding hydrogens is 532 g/mol. The molecule has 0 heterocycles. The summed E-state index contributed by atoms with van der Waals surface area (Å²) in [5.74, 6) is -4.27. The largest absolute Gasteiger partial charge is 0.481 e. The van der Waals surface area contributed by atoms with E-state index in [0.717, 1.165) is 38.5 Å². The Balaban J connectivity index is 3.76. The van der Waals surface area contributed by atoms with Gasteiger partial charge in [0.05, 0.1) is 0 Å². The van der Waals surface area contributed by atoms with Gasteiger partial charge in [-0.3, -0.25) is 14.4 Å². The van der Waals surface area contributed by atoms with Crippen molar-refractivity contribution in [3.8, 4) is 0 Å². The number of carboxylic acids is 3. The minimum absolute atomic E-state index is 0.0202. The SMILES string of the molecule is O=CCC[C@H](NC(=O)CC[C@H](NC(=O)CCCCCCCCCCCCCCCCCCC(=O)O)C(=O)O)C(=O)O. The van der Waals surface area contributed by atoms with E-state index in [0.29, 0.717) is 12.7 Å². The molecule has 0 spiro atoms. The summed E-state index contributed by atoms with van der Waals surface area (Å²) in [6, 6.07) is -2.46. The predicted octanol–water partition coefficient (Wildman–Crippen LogP) is 4.99. The average Bonchev–Trinajstić information content (AvgIpc) is 2.92. The van der Waals surface area contributed by atoms with Gasteiger partial charge in [-0.1, -0.05) is 89.9 Å². The number of carbonyl (C=O) groups excluding carboxylic acids is 3. The number of rotatable bonds is 29. The van der Waals surface area contributed by atoms with Crippen molar-refractivity contribution in [1.82, 2.24) is 10.6 Å². The van der Waals surface area contributed by atoms with E-state index in [4.69, 9.17) is 10.2 Å². The maximum atomic E-state index is 12.2. The predicted molar refractivity (Wildman–Crippen MR) is 154 cm³/mol. The van der Waals surface area contributed by atoms with E-state index in [-0.39, 0.29) is 44.4 Å². The van der Waals surface area contributed by atoms with Crippen LogP contribution in [0.4, 0.5) is 0 Å². The van der Waals surface area contributed by atoms with Gasteiger partial charge in [0.15, 0.2) is 0 Å². The molecule has 0 aromatic rings. The molecule has 2 atom stereocenters. The minimum Gasteiger partial charge on any atom is -0.481 e. The van der Waals surface area contributed by atoms with Gasteiger partial charge in [0.2, 0.25) is 11.8 Å². The number of nitrogens with one attached hydrogen (secondary N) is 2. The lowest BCUT2D eigenvalue weighted by Crippen LogP contribution is -2.43. The van der Waals surface area contributed by atoms with E-state index < -0.39 is 35.9 Å². The molecule has 0 rings (SSSR count). The Kier molecular flexibility index (Phi) is 24.1. The van der Waals surface area contributed by atoms with Gasteiger partial charge < -0.3 is 30.7 Å². The highest BCUT2D eigenvalue weighted by atomic mass is 16.4. The maximum Gasteiger partial charge on any atom is 0.326 e. The molecule has 236 valence electrons. The summed E-state index contributed by atoms with van der Waals surface area (Å²) in [6.45, 7) is 0. The number of aldehydes is 1. The molecule has 0 saturated heterocycles. The van der Waals surface area contributed by atoms with Gasteiger partial charge in [-0.05, 0) is 25.7 Å². The third-order valence-electron chi connectivity index (χ3n) is 7.04. The summed E-state index contributed by atoms with van der Waals surface area (Å²) >= 11 is 0. The van der Waals surface area contributed by atoms with E-state index in [1.54, 1.807) is 0 Å². The molecule has 2 amide bonds. The molecule has 0 radical (unpaired) electrons. The van der Waals surface area contributed by atoms with Crippen LogP contribution in [0.25, 0.3) is 0 Å². The minimum atomic E-state index is -1.27. The summed E-state index contributed by atoms with van der Waals surface area (Å²) in [5.41, 5.74) is 0. The number of carbonyl (C=O) groups is 6. The average molecular weight is 585 g/mol. The molecule has 0 fully saturated rings. The topological polar surface area (TPSA) is 187 Å². The summed E-state index contributed by atoms with van der Waals surface area (Å²) in [7, 11) is 0. The third kappa shape index (κ3) is 24.5. The lowest BCUT2D eigenvalue weighted by Gasteiger charge is -2.16. The van der Waals surface area contributed by atoms with Crippen LogP contribution in [0.3, 0.4) is 0 Å². The highest BCUT2D eigenvalue weighted by Crippen LogP contribution is 2.14. The van der Waals surface area contributed by atoms with Crippen LogP contribution in [0.2, 0.25) is 0 Å². The number of aliphatic carboxylic acids is 3.